The van der Waals surface area contributed by atoms with Crippen LogP contribution in [0.2, 0.25) is 0 Å². The van der Waals surface area contributed by atoms with Crippen molar-refractivity contribution in [3.8, 4) is 0 Å². The third-order valence-corrected chi connectivity index (χ3v) is 5.89. The van der Waals surface area contributed by atoms with E-state index in [9.17, 15) is 14.4 Å². The highest BCUT2D eigenvalue weighted by molar-refractivity contribution is 5.90. The molecule has 3 atom stereocenters. The summed E-state index contributed by atoms with van der Waals surface area (Å²) in [6.07, 6.45) is 6.06. The summed E-state index contributed by atoms with van der Waals surface area (Å²) in [6, 6.07) is -1.02. The molecule has 0 bridgehead atoms. The zero-order valence-electron chi connectivity index (χ0n) is 21.6. The van der Waals surface area contributed by atoms with Gasteiger partial charge in [-0.15, -0.1) is 0 Å². The normalized spacial score (nSPS) is 21.5. The van der Waals surface area contributed by atoms with E-state index in [4.69, 9.17) is 4.74 Å². The van der Waals surface area contributed by atoms with Gasteiger partial charge in [-0.1, -0.05) is 53.2 Å². The van der Waals surface area contributed by atoms with Gasteiger partial charge in [0.15, 0.2) is 0 Å². The lowest BCUT2D eigenvalue weighted by atomic mass is 9.99. The van der Waals surface area contributed by atoms with E-state index in [1.165, 1.54) is 13.5 Å². The van der Waals surface area contributed by atoms with Crippen molar-refractivity contribution in [1.82, 2.24) is 20.4 Å². The van der Waals surface area contributed by atoms with E-state index < -0.39 is 6.04 Å². The molecule has 0 aromatic carbocycles. The zero-order valence-corrected chi connectivity index (χ0v) is 21.6. The third kappa shape index (κ3) is 8.84. The van der Waals surface area contributed by atoms with Gasteiger partial charge in [-0.25, -0.2) is 4.79 Å². The number of rotatable bonds is 9. The summed E-state index contributed by atoms with van der Waals surface area (Å²) in [4.78, 5) is 40.9. The number of piperidine rings is 1. The second-order valence-electron chi connectivity index (χ2n) is 9.20. The SMILES string of the molecule is C=C(/C(C)=C/CNC(=O)C(NC(=O)C1CCCCN1C)C(C)C)N1CC1C(=O)OC.CCC. The van der Waals surface area contributed by atoms with Gasteiger partial charge in [0.25, 0.3) is 0 Å². The van der Waals surface area contributed by atoms with Crippen LogP contribution in [0.15, 0.2) is 23.9 Å². The topological polar surface area (TPSA) is 90.8 Å². The van der Waals surface area contributed by atoms with Gasteiger partial charge >= 0.3 is 5.97 Å². The molecule has 2 rings (SSSR count). The number of likely N-dealkylation sites (N-methyl/N-ethyl adjacent to an activating group) is 1. The molecule has 2 aliphatic heterocycles. The van der Waals surface area contributed by atoms with E-state index >= 15 is 0 Å². The molecule has 0 radical (unpaired) electrons. The Balaban J connectivity index is 0.00000172. The highest BCUT2D eigenvalue weighted by Gasteiger charge is 2.42. The quantitative estimate of drug-likeness (QED) is 0.309. The average molecular weight is 465 g/mol. The van der Waals surface area contributed by atoms with Crippen LogP contribution in [0.4, 0.5) is 0 Å². The minimum atomic E-state index is -0.583. The molecule has 188 valence electrons. The number of nitrogens with zero attached hydrogens (tertiary/aromatic N) is 2. The standard InChI is InChI=1S/C22H36N4O4.C3H8/c1-14(2)19(24-20(27)17-9-7-8-12-25(17)5)21(28)23-11-10-15(3)16(4)26-13-18(26)22(29)30-6;1-3-2/h10,14,17-19H,4,7-9,11-13H2,1-3,5-6H3,(H,23,28)(H,24,27);3H2,1-2H3/b15-10+;. The molecule has 0 saturated carbocycles. The monoisotopic (exact) mass is 464 g/mol. The maximum absolute atomic E-state index is 12.7. The van der Waals surface area contributed by atoms with Crippen LogP contribution < -0.4 is 10.6 Å². The highest BCUT2D eigenvalue weighted by Crippen LogP contribution is 2.28. The number of carbonyl (C=O) groups is 3. The number of hydrogen-bond donors (Lipinski definition) is 2. The lowest BCUT2D eigenvalue weighted by Gasteiger charge is -2.33. The molecule has 2 fully saturated rings. The Morgan fingerprint density at radius 2 is 1.82 bits per heavy atom. The van der Waals surface area contributed by atoms with Crippen LogP contribution in [-0.2, 0) is 19.1 Å². The van der Waals surface area contributed by atoms with Crippen molar-refractivity contribution in [3.63, 3.8) is 0 Å². The largest absolute Gasteiger partial charge is 0.467 e. The smallest absolute Gasteiger partial charge is 0.330 e. The minimum Gasteiger partial charge on any atom is -0.467 e. The van der Waals surface area contributed by atoms with E-state index in [0.717, 1.165) is 37.1 Å². The number of hydrogen-bond acceptors (Lipinski definition) is 6. The first kappa shape index (κ1) is 28.7. The Kier molecular flexibility index (Phi) is 12.2. The molecule has 8 nitrogen and oxygen atoms in total. The second-order valence-corrected chi connectivity index (χ2v) is 9.20. The van der Waals surface area contributed by atoms with Crippen molar-refractivity contribution in [3.05, 3.63) is 23.9 Å². The van der Waals surface area contributed by atoms with Crippen molar-refractivity contribution in [2.24, 2.45) is 5.92 Å². The van der Waals surface area contributed by atoms with Crippen LogP contribution in [0.3, 0.4) is 0 Å². The predicted octanol–water partition coefficient (Wildman–Crippen LogP) is 2.46. The average Bonchev–Trinajstić information content (AvgIpc) is 3.57. The van der Waals surface area contributed by atoms with Crippen LogP contribution in [0.5, 0.6) is 0 Å². The van der Waals surface area contributed by atoms with Gasteiger partial charge in [0.1, 0.15) is 12.1 Å². The molecule has 2 aliphatic rings. The summed E-state index contributed by atoms with van der Waals surface area (Å²) in [7, 11) is 3.32. The van der Waals surface area contributed by atoms with Gasteiger partial charge in [-0.3, -0.25) is 14.5 Å². The Hall–Kier alpha value is -2.35. The van der Waals surface area contributed by atoms with Gasteiger partial charge in [0, 0.05) is 12.2 Å². The molecule has 2 saturated heterocycles. The zero-order chi connectivity index (χ0) is 25.1. The van der Waals surface area contributed by atoms with Crippen LogP contribution in [0, 0.1) is 5.92 Å². The number of amides is 2. The summed E-state index contributed by atoms with van der Waals surface area (Å²) in [6.45, 7) is 15.8. The van der Waals surface area contributed by atoms with E-state index in [1.54, 1.807) is 0 Å². The number of ether oxygens (including phenoxy) is 1. The van der Waals surface area contributed by atoms with Gasteiger partial charge in [-0.2, -0.15) is 0 Å². The summed E-state index contributed by atoms with van der Waals surface area (Å²) in [5, 5.41) is 5.82. The fourth-order valence-electron chi connectivity index (χ4n) is 3.73. The summed E-state index contributed by atoms with van der Waals surface area (Å²) < 4.78 is 4.74. The van der Waals surface area contributed by atoms with Crippen LogP contribution in [0.1, 0.15) is 60.3 Å². The Labute approximate surface area is 199 Å². The molecule has 2 N–H and O–H groups in total. The molecule has 33 heavy (non-hydrogen) atoms. The van der Waals surface area contributed by atoms with Crippen molar-refractivity contribution in [1.29, 1.82) is 0 Å². The summed E-state index contributed by atoms with van der Waals surface area (Å²) in [5.74, 6) is -0.579. The third-order valence-electron chi connectivity index (χ3n) is 5.89. The number of nitrogens with one attached hydrogen (secondary N) is 2. The van der Waals surface area contributed by atoms with Crippen molar-refractivity contribution in [2.45, 2.75) is 78.4 Å². The first-order valence-corrected chi connectivity index (χ1v) is 12.1. The number of esters is 1. The van der Waals surface area contributed by atoms with E-state index in [2.05, 4.69) is 36.0 Å². The van der Waals surface area contributed by atoms with Crippen LogP contribution >= 0.6 is 0 Å². The second kappa shape index (κ2) is 14.0. The molecule has 0 aliphatic carbocycles. The van der Waals surface area contributed by atoms with Gasteiger partial charge in [0.05, 0.1) is 19.7 Å². The molecule has 2 heterocycles. The summed E-state index contributed by atoms with van der Waals surface area (Å²) in [5.41, 5.74) is 1.63. The molecule has 2 amide bonds. The molecule has 0 aromatic heterocycles. The maximum atomic E-state index is 12.7. The number of methoxy groups -OCH3 is 1. The molecule has 3 unspecified atom stereocenters. The lowest BCUT2D eigenvalue weighted by Crippen LogP contribution is -2.55. The van der Waals surface area contributed by atoms with E-state index in [0.29, 0.717) is 13.1 Å². The molecule has 0 spiro atoms. The molecule has 8 heteroatoms. The minimum absolute atomic E-state index is 0.0266. The Bertz CT molecular complexity index is 719. The number of likely N-dealkylation sites (tertiary alicyclic amines) is 1. The van der Waals surface area contributed by atoms with E-state index in [-0.39, 0.29) is 35.8 Å². The highest BCUT2D eigenvalue weighted by atomic mass is 16.5. The van der Waals surface area contributed by atoms with Crippen molar-refractivity contribution < 1.29 is 19.1 Å². The Morgan fingerprint density at radius 3 is 2.36 bits per heavy atom. The van der Waals surface area contributed by atoms with Crippen molar-refractivity contribution >= 4 is 17.8 Å². The van der Waals surface area contributed by atoms with Gasteiger partial charge in [-0.05, 0) is 44.8 Å². The first-order valence-electron chi connectivity index (χ1n) is 12.1. The van der Waals surface area contributed by atoms with Gasteiger partial charge < -0.3 is 20.3 Å². The summed E-state index contributed by atoms with van der Waals surface area (Å²) >= 11 is 0. The number of allylic oxidation sites excluding steroid dienone is 1. The lowest BCUT2D eigenvalue weighted by molar-refractivity contribution is -0.140. The van der Waals surface area contributed by atoms with Crippen molar-refractivity contribution in [2.75, 3.05) is 33.8 Å². The fourth-order valence-corrected chi connectivity index (χ4v) is 3.73. The number of carbonyl (C=O) groups excluding carboxylic acids is 3. The Morgan fingerprint density at radius 1 is 1.18 bits per heavy atom. The predicted molar refractivity (Wildman–Crippen MR) is 131 cm³/mol. The van der Waals surface area contributed by atoms with E-state index in [1.807, 2.05) is 38.8 Å². The van der Waals surface area contributed by atoms with Crippen LogP contribution in [-0.4, -0.2) is 79.5 Å². The maximum Gasteiger partial charge on any atom is 0.330 e. The first-order chi connectivity index (χ1) is 15.6. The van der Waals surface area contributed by atoms with Crippen LogP contribution in [0.25, 0.3) is 0 Å². The van der Waals surface area contributed by atoms with Gasteiger partial charge in [0.2, 0.25) is 11.8 Å². The fraction of sp³-hybridized carbons (Fsp3) is 0.720. The molecular weight excluding hydrogens is 420 g/mol. The molecule has 0 aromatic rings. The molecular formula is C25H44N4O4.